The van der Waals surface area contributed by atoms with Gasteiger partial charge in [-0.25, -0.2) is 0 Å². The third-order valence-corrected chi connectivity index (χ3v) is 2.76. The highest BCUT2D eigenvalue weighted by Gasteiger charge is 1.94. The molecule has 1 aromatic carbocycles. The lowest BCUT2D eigenvalue weighted by Gasteiger charge is -2.02. The van der Waals surface area contributed by atoms with Gasteiger partial charge < -0.3 is 0 Å². The molecule has 1 rings (SSSR count). The summed E-state index contributed by atoms with van der Waals surface area (Å²) in [7, 11) is 0. The van der Waals surface area contributed by atoms with Gasteiger partial charge in [-0.2, -0.15) is 0 Å². The van der Waals surface area contributed by atoms with E-state index < -0.39 is 0 Å². The highest BCUT2D eigenvalue weighted by Crippen LogP contribution is 2.21. The quantitative estimate of drug-likeness (QED) is 0.619. The van der Waals surface area contributed by atoms with E-state index in [0.717, 1.165) is 5.56 Å². The largest absolute Gasteiger partial charge is 0.126 e. The van der Waals surface area contributed by atoms with Gasteiger partial charge in [-0.1, -0.05) is 25.1 Å². The number of benzene rings is 1. The van der Waals surface area contributed by atoms with Crippen molar-refractivity contribution < 1.29 is 0 Å². The summed E-state index contributed by atoms with van der Waals surface area (Å²) >= 11 is 1.88. The summed E-state index contributed by atoms with van der Waals surface area (Å²) in [5, 5.41) is 0. The number of rotatable bonds is 3. The zero-order valence-corrected chi connectivity index (χ0v) is 7.66. The molecule has 0 bridgehead atoms. The van der Waals surface area contributed by atoms with Gasteiger partial charge in [0, 0.05) is 4.90 Å². The maximum Gasteiger partial charge on any atom is 0.0104 e. The monoisotopic (exact) mass is 165 g/mol. The lowest BCUT2D eigenvalue weighted by atomic mass is 10.2. The van der Waals surface area contributed by atoms with E-state index in [9.17, 15) is 0 Å². The van der Waals surface area contributed by atoms with Crippen LogP contribution >= 0.6 is 11.8 Å². The van der Waals surface area contributed by atoms with Crippen LogP contribution in [0.2, 0.25) is 0 Å². The fourth-order valence-electron chi connectivity index (χ4n) is 0.857. The van der Waals surface area contributed by atoms with Crippen molar-refractivity contribution in [3.05, 3.63) is 36.8 Å². The second-order valence-corrected chi connectivity index (χ2v) is 3.59. The minimum Gasteiger partial charge on any atom is -0.126 e. The van der Waals surface area contributed by atoms with Crippen LogP contribution in [0, 0.1) is 6.92 Å². The van der Waals surface area contributed by atoms with Crippen LogP contribution in [0.25, 0.3) is 0 Å². The van der Waals surface area contributed by atoms with Gasteiger partial charge in [0.15, 0.2) is 0 Å². The molecular formula is C10H13S. The minimum absolute atomic E-state index is 1.14. The standard InChI is InChI=1S/C10H13S/c1-3-8-11-10-7-5-4-6-9(10)2/h4-7H,2-3,8H2,1H3. The Morgan fingerprint density at radius 1 is 1.36 bits per heavy atom. The minimum atomic E-state index is 1.14. The Morgan fingerprint density at radius 3 is 2.73 bits per heavy atom. The van der Waals surface area contributed by atoms with Crippen LogP contribution in [0.1, 0.15) is 18.9 Å². The Kier molecular flexibility index (Phi) is 3.50. The molecule has 0 aromatic heterocycles. The molecule has 1 aromatic rings. The summed E-state index contributed by atoms with van der Waals surface area (Å²) in [6, 6.07) is 8.27. The first-order valence-electron chi connectivity index (χ1n) is 3.88. The first kappa shape index (κ1) is 8.66. The van der Waals surface area contributed by atoms with Crippen LogP contribution in [0.15, 0.2) is 29.2 Å². The Morgan fingerprint density at radius 2 is 2.09 bits per heavy atom. The highest BCUT2D eigenvalue weighted by molar-refractivity contribution is 7.99. The summed E-state index contributed by atoms with van der Waals surface area (Å²) in [5.41, 5.74) is 1.14. The molecular weight excluding hydrogens is 152 g/mol. The Bertz CT molecular complexity index is 218. The van der Waals surface area contributed by atoms with Crippen molar-refractivity contribution in [3.8, 4) is 0 Å². The number of hydrogen-bond acceptors (Lipinski definition) is 1. The number of thioether (sulfide) groups is 1. The fraction of sp³-hybridized carbons (Fsp3) is 0.300. The van der Waals surface area contributed by atoms with Gasteiger partial charge in [0.25, 0.3) is 0 Å². The lowest BCUT2D eigenvalue weighted by Crippen LogP contribution is -1.79. The van der Waals surface area contributed by atoms with Crippen LogP contribution in [-0.4, -0.2) is 5.75 Å². The van der Waals surface area contributed by atoms with Gasteiger partial charge in [0.2, 0.25) is 0 Å². The van der Waals surface area contributed by atoms with E-state index in [1.54, 1.807) is 0 Å². The summed E-state index contributed by atoms with van der Waals surface area (Å²) in [5.74, 6) is 1.19. The fourth-order valence-corrected chi connectivity index (χ4v) is 1.71. The van der Waals surface area contributed by atoms with Crippen LogP contribution < -0.4 is 0 Å². The predicted octanol–water partition coefficient (Wildman–Crippen LogP) is 3.37. The van der Waals surface area contributed by atoms with Crippen LogP contribution in [0.5, 0.6) is 0 Å². The van der Waals surface area contributed by atoms with Gasteiger partial charge in [0.1, 0.15) is 0 Å². The van der Waals surface area contributed by atoms with Crippen molar-refractivity contribution in [1.29, 1.82) is 0 Å². The molecule has 0 unspecified atom stereocenters. The van der Waals surface area contributed by atoms with Crippen LogP contribution in [0.3, 0.4) is 0 Å². The zero-order valence-electron chi connectivity index (χ0n) is 6.84. The molecule has 0 saturated heterocycles. The van der Waals surface area contributed by atoms with Gasteiger partial charge in [0.05, 0.1) is 0 Å². The van der Waals surface area contributed by atoms with E-state index in [2.05, 4.69) is 32.0 Å². The van der Waals surface area contributed by atoms with E-state index in [1.165, 1.54) is 17.1 Å². The van der Waals surface area contributed by atoms with E-state index in [1.807, 2.05) is 17.8 Å². The summed E-state index contributed by atoms with van der Waals surface area (Å²) in [4.78, 5) is 1.31. The smallest absolute Gasteiger partial charge is 0.0104 e. The second kappa shape index (κ2) is 4.45. The molecule has 59 valence electrons. The van der Waals surface area contributed by atoms with E-state index in [4.69, 9.17) is 0 Å². The van der Waals surface area contributed by atoms with Crippen molar-refractivity contribution in [1.82, 2.24) is 0 Å². The third-order valence-electron chi connectivity index (χ3n) is 1.43. The van der Waals surface area contributed by atoms with Gasteiger partial charge in [-0.15, -0.1) is 11.8 Å². The topological polar surface area (TPSA) is 0 Å². The van der Waals surface area contributed by atoms with E-state index in [-0.39, 0.29) is 0 Å². The first-order valence-corrected chi connectivity index (χ1v) is 4.87. The molecule has 0 fully saturated rings. The molecule has 1 heteroatoms. The molecule has 0 aliphatic heterocycles. The second-order valence-electron chi connectivity index (χ2n) is 2.46. The van der Waals surface area contributed by atoms with Crippen molar-refractivity contribution in [2.75, 3.05) is 5.75 Å². The summed E-state index contributed by atoms with van der Waals surface area (Å²) in [6.45, 7) is 6.15. The van der Waals surface area contributed by atoms with Crippen LogP contribution in [-0.2, 0) is 0 Å². The highest BCUT2D eigenvalue weighted by atomic mass is 32.2. The first-order chi connectivity index (χ1) is 5.34. The molecule has 0 saturated carbocycles. The molecule has 0 spiro atoms. The maximum atomic E-state index is 3.95. The summed E-state index contributed by atoms with van der Waals surface area (Å²) in [6.07, 6.45) is 1.22. The normalized spacial score (nSPS) is 10.0. The molecule has 0 heterocycles. The lowest BCUT2D eigenvalue weighted by molar-refractivity contribution is 1.10. The average Bonchev–Trinajstić information content (AvgIpc) is 2.03. The van der Waals surface area contributed by atoms with Gasteiger partial charge in [-0.05, 0) is 30.7 Å². The average molecular weight is 165 g/mol. The molecule has 0 aliphatic rings. The molecule has 0 nitrogen and oxygen atoms in total. The van der Waals surface area contributed by atoms with Gasteiger partial charge in [-0.3, -0.25) is 0 Å². The molecule has 0 amide bonds. The maximum absolute atomic E-state index is 3.95. The van der Waals surface area contributed by atoms with Crippen molar-refractivity contribution in [2.45, 2.75) is 18.2 Å². The Balaban J connectivity index is 2.62. The predicted molar refractivity (Wildman–Crippen MR) is 51.9 cm³/mol. The molecule has 0 aliphatic carbocycles. The zero-order chi connectivity index (χ0) is 8.10. The third kappa shape index (κ3) is 2.58. The molecule has 0 N–H and O–H groups in total. The SMILES string of the molecule is [CH2]c1ccccc1SCCC. The van der Waals surface area contributed by atoms with Crippen LogP contribution in [0.4, 0.5) is 0 Å². The van der Waals surface area contributed by atoms with Crippen molar-refractivity contribution in [2.24, 2.45) is 0 Å². The Hall–Kier alpha value is -0.430. The van der Waals surface area contributed by atoms with Gasteiger partial charge >= 0.3 is 0 Å². The Labute approximate surface area is 73.0 Å². The number of hydrogen-bond donors (Lipinski definition) is 0. The van der Waals surface area contributed by atoms with Crippen molar-refractivity contribution in [3.63, 3.8) is 0 Å². The van der Waals surface area contributed by atoms with Crippen molar-refractivity contribution >= 4 is 11.8 Å². The van der Waals surface area contributed by atoms with E-state index in [0.29, 0.717) is 0 Å². The molecule has 0 atom stereocenters. The molecule has 1 radical (unpaired) electrons. The summed E-state index contributed by atoms with van der Waals surface area (Å²) < 4.78 is 0. The van der Waals surface area contributed by atoms with E-state index >= 15 is 0 Å². The molecule has 11 heavy (non-hydrogen) atoms.